The molecule has 70 valence electrons. The summed E-state index contributed by atoms with van der Waals surface area (Å²) in [5.74, 6) is 0. The van der Waals surface area contributed by atoms with Gasteiger partial charge in [0, 0.05) is 0 Å². The van der Waals surface area contributed by atoms with Crippen LogP contribution in [0.3, 0.4) is 0 Å². The van der Waals surface area contributed by atoms with Crippen LogP contribution in [0.25, 0.3) is 0 Å². The lowest BCUT2D eigenvalue weighted by atomic mass is 9.80. The number of nitrogens with two attached hydrogens (primary N) is 1. The zero-order valence-corrected chi connectivity index (χ0v) is 7.02. The lowest BCUT2D eigenvalue weighted by Crippen LogP contribution is -2.29. The molecule has 0 saturated heterocycles. The van der Waals surface area contributed by atoms with Gasteiger partial charge >= 0.3 is 7.12 Å². The number of hydrogen-bond acceptors (Lipinski definition) is 3. The lowest BCUT2D eigenvalue weighted by molar-refractivity contribution is 0.425. The Bertz CT molecular complexity index is 265. The Morgan fingerprint density at radius 3 is 2.23 bits per heavy atom. The fourth-order valence-corrected chi connectivity index (χ4v) is 1.00. The average molecular weight is 183 g/mol. The minimum atomic E-state index is -1.49. The van der Waals surface area contributed by atoms with E-state index in [0.29, 0.717) is 11.0 Å². The zero-order chi connectivity index (χ0) is 9.84. The van der Waals surface area contributed by atoms with E-state index in [1.807, 2.05) is 0 Å². The van der Waals surface area contributed by atoms with Gasteiger partial charge in [0.25, 0.3) is 0 Å². The predicted octanol–water partition coefficient (Wildman–Crippen LogP) is -0.664. The molecule has 0 aliphatic rings. The molecule has 0 amide bonds. The number of halogens is 1. The van der Waals surface area contributed by atoms with Crippen LogP contribution in [-0.4, -0.2) is 23.8 Å². The number of alkyl halides is 1. The molecule has 0 aliphatic heterocycles. The van der Waals surface area contributed by atoms with Crippen LogP contribution >= 0.6 is 0 Å². The summed E-state index contributed by atoms with van der Waals surface area (Å²) in [4.78, 5) is 0. The standard InChI is InChI=1S/C8H11BFNO2/c10-5-8(11)6-1-3-7(4-2-6)9(12)13/h1-4,8,12-13H,5,11H2. The third-order valence-corrected chi connectivity index (χ3v) is 1.83. The Kier molecular flexibility index (Phi) is 3.42. The first-order chi connectivity index (χ1) is 6.15. The molecule has 1 unspecified atom stereocenters. The van der Waals surface area contributed by atoms with Crippen molar-refractivity contribution in [3.8, 4) is 0 Å². The maximum atomic E-state index is 12.1. The van der Waals surface area contributed by atoms with E-state index in [1.165, 1.54) is 12.1 Å². The molecular weight excluding hydrogens is 172 g/mol. The second-order valence-corrected chi connectivity index (χ2v) is 2.80. The molecule has 0 saturated carbocycles. The molecule has 5 heteroatoms. The maximum Gasteiger partial charge on any atom is 0.488 e. The molecule has 0 aliphatic carbocycles. The smallest absolute Gasteiger partial charge is 0.423 e. The van der Waals surface area contributed by atoms with Crippen LogP contribution in [0.2, 0.25) is 0 Å². The molecule has 1 aromatic rings. The molecule has 0 fully saturated rings. The average Bonchev–Trinajstić information content (AvgIpc) is 2.17. The van der Waals surface area contributed by atoms with Crippen molar-refractivity contribution in [1.82, 2.24) is 0 Å². The first-order valence-electron chi connectivity index (χ1n) is 3.92. The Morgan fingerprint density at radius 1 is 1.31 bits per heavy atom. The third-order valence-electron chi connectivity index (χ3n) is 1.83. The second-order valence-electron chi connectivity index (χ2n) is 2.80. The minimum Gasteiger partial charge on any atom is -0.423 e. The molecule has 0 spiro atoms. The molecular formula is C8H11BFNO2. The fraction of sp³-hybridized carbons (Fsp3) is 0.250. The van der Waals surface area contributed by atoms with Gasteiger partial charge in [0.2, 0.25) is 0 Å². The summed E-state index contributed by atoms with van der Waals surface area (Å²) in [5.41, 5.74) is 6.44. The van der Waals surface area contributed by atoms with E-state index in [1.54, 1.807) is 12.1 Å². The summed E-state index contributed by atoms with van der Waals surface area (Å²) >= 11 is 0. The van der Waals surface area contributed by atoms with Crippen LogP contribution in [0.4, 0.5) is 4.39 Å². The van der Waals surface area contributed by atoms with Crippen LogP contribution in [0.15, 0.2) is 24.3 Å². The summed E-state index contributed by atoms with van der Waals surface area (Å²) < 4.78 is 12.1. The SMILES string of the molecule is NC(CF)c1ccc(B(O)O)cc1. The summed E-state index contributed by atoms with van der Waals surface area (Å²) in [7, 11) is -1.49. The van der Waals surface area contributed by atoms with Crippen molar-refractivity contribution >= 4 is 12.6 Å². The van der Waals surface area contributed by atoms with Gasteiger partial charge in [-0.15, -0.1) is 0 Å². The summed E-state index contributed by atoms with van der Waals surface area (Å²) in [5, 5.41) is 17.5. The molecule has 1 atom stereocenters. The molecule has 1 rings (SSSR count). The Labute approximate surface area is 76.1 Å². The fourth-order valence-electron chi connectivity index (χ4n) is 1.00. The summed E-state index contributed by atoms with van der Waals surface area (Å²) in [6.45, 7) is -0.624. The van der Waals surface area contributed by atoms with Gasteiger partial charge in [-0.1, -0.05) is 24.3 Å². The quantitative estimate of drug-likeness (QED) is 0.544. The van der Waals surface area contributed by atoms with Crippen molar-refractivity contribution in [3.63, 3.8) is 0 Å². The van der Waals surface area contributed by atoms with Crippen molar-refractivity contribution in [1.29, 1.82) is 0 Å². The number of hydrogen-bond donors (Lipinski definition) is 3. The highest BCUT2D eigenvalue weighted by atomic mass is 19.1. The van der Waals surface area contributed by atoms with Crippen molar-refractivity contribution in [2.75, 3.05) is 6.67 Å². The van der Waals surface area contributed by atoms with Crippen LogP contribution in [0.1, 0.15) is 11.6 Å². The van der Waals surface area contributed by atoms with Crippen LogP contribution < -0.4 is 11.2 Å². The normalized spacial score (nSPS) is 12.6. The molecule has 13 heavy (non-hydrogen) atoms. The zero-order valence-electron chi connectivity index (χ0n) is 7.02. The van der Waals surface area contributed by atoms with Crippen molar-refractivity contribution in [3.05, 3.63) is 29.8 Å². The Hall–Kier alpha value is -0.905. The van der Waals surface area contributed by atoms with Gasteiger partial charge in [-0.25, -0.2) is 4.39 Å². The Morgan fingerprint density at radius 2 is 1.85 bits per heavy atom. The molecule has 0 bridgehead atoms. The van der Waals surface area contributed by atoms with Crippen LogP contribution in [0, 0.1) is 0 Å². The van der Waals surface area contributed by atoms with Crippen molar-refractivity contribution in [2.24, 2.45) is 5.73 Å². The van der Waals surface area contributed by atoms with Crippen molar-refractivity contribution < 1.29 is 14.4 Å². The van der Waals surface area contributed by atoms with E-state index in [0.717, 1.165) is 0 Å². The summed E-state index contributed by atoms with van der Waals surface area (Å²) in [6, 6.07) is 5.55. The molecule has 4 N–H and O–H groups in total. The molecule has 3 nitrogen and oxygen atoms in total. The highest BCUT2D eigenvalue weighted by Crippen LogP contribution is 2.08. The number of rotatable bonds is 3. The van der Waals surface area contributed by atoms with E-state index < -0.39 is 19.8 Å². The maximum absolute atomic E-state index is 12.1. The van der Waals surface area contributed by atoms with E-state index in [-0.39, 0.29) is 0 Å². The summed E-state index contributed by atoms with van der Waals surface area (Å²) in [6.07, 6.45) is 0. The van der Waals surface area contributed by atoms with Gasteiger partial charge in [-0.3, -0.25) is 0 Å². The van der Waals surface area contributed by atoms with E-state index in [2.05, 4.69) is 0 Å². The largest absolute Gasteiger partial charge is 0.488 e. The minimum absolute atomic E-state index is 0.370. The lowest BCUT2D eigenvalue weighted by Gasteiger charge is -2.07. The first kappa shape index (κ1) is 10.2. The molecule has 1 aromatic carbocycles. The van der Waals surface area contributed by atoms with E-state index in [9.17, 15) is 4.39 Å². The predicted molar refractivity (Wildman–Crippen MR) is 49.2 cm³/mol. The highest BCUT2D eigenvalue weighted by molar-refractivity contribution is 6.58. The number of benzene rings is 1. The van der Waals surface area contributed by atoms with E-state index >= 15 is 0 Å². The Balaban J connectivity index is 2.81. The van der Waals surface area contributed by atoms with Crippen LogP contribution in [-0.2, 0) is 0 Å². The monoisotopic (exact) mass is 183 g/mol. The van der Waals surface area contributed by atoms with Gasteiger partial charge in [-0.05, 0) is 11.0 Å². The van der Waals surface area contributed by atoms with Crippen molar-refractivity contribution in [2.45, 2.75) is 6.04 Å². The van der Waals surface area contributed by atoms with Gasteiger partial charge < -0.3 is 15.8 Å². The third kappa shape index (κ3) is 2.52. The van der Waals surface area contributed by atoms with Gasteiger partial charge in [-0.2, -0.15) is 0 Å². The molecule has 0 heterocycles. The highest BCUT2D eigenvalue weighted by Gasteiger charge is 2.11. The van der Waals surface area contributed by atoms with Gasteiger partial charge in [0.1, 0.15) is 6.67 Å². The van der Waals surface area contributed by atoms with Crippen LogP contribution in [0.5, 0.6) is 0 Å². The topological polar surface area (TPSA) is 66.5 Å². The molecule has 0 radical (unpaired) electrons. The van der Waals surface area contributed by atoms with E-state index in [4.69, 9.17) is 15.8 Å². The molecule has 0 aromatic heterocycles. The van der Waals surface area contributed by atoms with Gasteiger partial charge in [0.15, 0.2) is 0 Å². The second kappa shape index (κ2) is 4.36. The first-order valence-corrected chi connectivity index (χ1v) is 3.92. The van der Waals surface area contributed by atoms with Gasteiger partial charge in [0.05, 0.1) is 6.04 Å².